The van der Waals surface area contributed by atoms with Gasteiger partial charge in [0.2, 0.25) is 5.95 Å². The van der Waals surface area contributed by atoms with Gasteiger partial charge in [0.15, 0.2) is 0 Å². The molecule has 0 atom stereocenters. The smallest absolute Gasteiger partial charge is 0.421 e. The lowest BCUT2D eigenvalue weighted by molar-refractivity contribution is -0.137. The van der Waals surface area contributed by atoms with Crippen LogP contribution in [-0.2, 0) is 10.9 Å². The molecule has 37 heavy (non-hydrogen) atoms. The Labute approximate surface area is 218 Å². The lowest BCUT2D eigenvalue weighted by atomic mass is 10.2. The molecule has 2 fully saturated rings. The Bertz CT molecular complexity index is 1080. The number of anilines is 4. The minimum absolute atomic E-state index is 0.0131. The number of aromatic nitrogens is 2. The van der Waals surface area contributed by atoms with Crippen molar-refractivity contribution in [2.75, 3.05) is 75.0 Å². The number of carbonyl (C=O) groups excluding carboxylic acids is 1. The van der Waals surface area contributed by atoms with Gasteiger partial charge in [-0.05, 0) is 44.5 Å². The van der Waals surface area contributed by atoms with Crippen LogP contribution < -0.4 is 15.5 Å². The summed E-state index contributed by atoms with van der Waals surface area (Å²) in [7, 11) is 2.08. The summed E-state index contributed by atoms with van der Waals surface area (Å²) in [4.78, 5) is 25.9. The van der Waals surface area contributed by atoms with Gasteiger partial charge >= 0.3 is 12.3 Å². The molecule has 3 heterocycles. The predicted octanol–water partition coefficient (Wildman–Crippen LogP) is 4.68. The highest BCUT2D eigenvalue weighted by Gasteiger charge is 2.35. The average molecular weight is 542 g/mol. The predicted molar refractivity (Wildman–Crippen MR) is 137 cm³/mol. The Morgan fingerprint density at radius 3 is 2.65 bits per heavy atom. The van der Waals surface area contributed by atoms with E-state index in [-0.39, 0.29) is 18.3 Å². The van der Waals surface area contributed by atoms with Gasteiger partial charge in [0.1, 0.15) is 11.4 Å². The summed E-state index contributed by atoms with van der Waals surface area (Å²) in [5, 5.41) is 6.09. The molecule has 2 N–H and O–H groups in total. The minimum Gasteiger partial charge on any atom is -0.449 e. The third-order valence-electron chi connectivity index (χ3n) is 6.37. The number of alkyl halides is 3. The Hall–Kier alpha value is -2.99. The molecule has 2 saturated heterocycles. The lowest BCUT2D eigenvalue weighted by Crippen LogP contribution is -2.44. The van der Waals surface area contributed by atoms with Crippen LogP contribution in [0.3, 0.4) is 0 Å². The Morgan fingerprint density at radius 2 is 1.92 bits per heavy atom. The molecule has 1 aromatic carbocycles. The van der Waals surface area contributed by atoms with Crippen LogP contribution in [-0.4, -0.2) is 85.3 Å². The van der Waals surface area contributed by atoms with Crippen molar-refractivity contribution in [1.82, 2.24) is 19.8 Å². The van der Waals surface area contributed by atoms with Gasteiger partial charge in [-0.15, -0.1) is 0 Å². The van der Waals surface area contributed by atoms with Gasteiger partial charge in [0.25, 0.3) is 0 Å². The largest absolute Gasteiger partial charge is 0.449 e. The molecule has 0 saturated carbocycles. The van der Waals surface area contributed by atoms with Crippen LogP contribution in [0.4, 0.5) is 41.1 Å². The topological polar surface area (TPSA) is 85.9 Å². The maximum atomic E-state index is 13.6. The van der Waals surface area contributed by atoms with E-state index in [4.69, 9.17) is 16.3 Å². The average Bonchev–Trinajstić information content (AvgIpc) is 3.07. The van der Waals surface area contributed by atoms with Gasteiger partial charge in [0.05, 0.1) is 17.3 Å². The van der Waals surface area contributed by atoms with Gasteiger partial charge in [-0.2, -0.15) is 18.2 Å². The molecule has 0 radical (unpaired) electrons. The highest BCUT2D eigenvalue weighted by molar-refractivity contribution is 6.33. The summed E-state index contributed by atoms with van der Waals surface area (Å²) in [6.45, 7) is 5.20. The van der Waals surface area contributed by atoms with Crippen molar-refractivity contribution in [2.24, 2.45) is 0 Å². The van der Waals surface area contributed by atoms with Crippen molar-refractivity contribution in [1.29, 1.82) is 0 Å². The highest BCUT2D eigenvalue weighted by atomic mass is 35.5. The molecule has 0 spiro atoms. The first kappa shape index (κ1) is 27.1. The first-order chi connectivity index (χ1) is 17.7. The van der Waals surface area contributed by atoms with E-state index in [1.807, 2.05) is 12.1 Å². The molecule has 2 aliphatic rings. The number of amides is 1. The zero-order valence-corrected chi connectivity index (χ0v) is 21.4. The molecular formula is C24H31ClF3N7O2. The number of nitrogens with zero attached hydrogens (tertiary/aromatic N) is 5. The van der Waals surface area contributed by atoms with Crippen LogP contribution in [0.5, 0.6) is 0 Å². The minimum atomic E-state index is -4.63. The number of hydrogen-bond acceptors (Lipinski definition) is 8. The van der Waals surface area contributed by atoms with Crippen LogP contribution in [0.1, 0.15) is 24.8 Å². The maximum absolute atomic E-state index is 13.6. The summed E-state index contributed by atoms with van der Waals surface area (Å²) < 4.78 is 45.8. The Morgan fingerprint density at radius 1 is 1.14 bits per heavy atom. The number of cyclic esters (lactones) is 1. The van der Waals surface area contributed by atoms with Crippen LogP contribution >= 0.6 is 11.6 Å². The molecule has 202 valence electrons. The molecular weight excluding hydrogens is 511 g/mol. The monoisotopic (exact) mass is 541 g/mol. The fourth-order valence-corrected chi connectivity index (χ4v) is 4.42. The molecule has 4 rings (SSSR count). The summed E-state index contributed by atoms with van der Waals surface area (Å²) in [6, 6.07) is 5.51. The molecule has 9 nitrogen and oxygen atoms in total. The second-order valence-corrected chi connectivity index (χ2v) is 9.53. The summed E-state index contributed by atoms with van der Waals surface area (Å²) in [6.07, 6.45) is -2.21. The van der Waals surface area contributed by atoms with Gasteiger partial charge in [-0.3, -0.25) is 0 Å². The summed E-state index contributed by atoms with van der Waals surface area (Å²) in [5.41, 5.74) is 0.501. The second-order valence-electron chi connectivity index (χ2n) is 9.12. The van der Waals surface area contributed by atoms with E-state index in [0.717, 1.165) is 50.9 Å². The van der Waals surface area contributed by atoms with Crippen molar-refractivity contribution >= 4 is 40.8 Å². The third kappa shape index (κ3) is 7.29. The second kappa shape index (κ2) is 12.0. The van der Waals surface area contributed by atoms with Crippen LogP contribution in [0, 0.1) is 0 Å². The molecule has 0 aliphatic carbocycles. The Kier molecular flexibility index (Phi) is 8.80. The van der Waals surface area contributed by atoms with E-state index >= 15 is 0 Å². The standard InChI is InChI=1S/C24H31ClF3N7O2/c1-33-10-12-34(13-11-33)17-5-6-20(19(25)15-17)31-22-30-16-18(24(26,27)28)21(32-22)29-7-4-9-35-8-2-3-14-37-23(35)36/h5-6,15-16H,2-4,7-14H2,1H3,(H2,29,30,31,32). The van der Waals surface area contributed by atoms with Gasteiger partial charge in [0, 0.05) is 57.7 Å². The zero-order chi connectivity index (χ0) is 26.4. The van der Waals surface area contributed by atoms with E-state index in [0.29, 0.717) is 36.8 Å². The fourth-order valence-electron chi connectivity index (χ4n) is 4.20. The van der Waals surface area contributed by atoms with E-state index in [9.17, 15) is 18.0 Å². The van der Waals surface area contributed by atoms with Crippen molar-refractivity contribution in [2.45, 2.75) is 25.4 Å². The first-order valence-electron chi connectivity index (χ1n) is 12.3. The van der Waals surface area contributed by atoms with E-state index in [2.05, 4.69) is 37.4 Å². The number of halogens is 4. The molecule has 1 amide bonds. The molecule has 0 unspecified atom stereocenters. The van der Waals surface area contributed by atoms with Crippen molar-refractivity contribution < 1.29 is 22.7 Å². The van der Waals surface area contributed by atoms with Gasteiger partial charge in [-0.25, -0.2) is 9.78 Å². The van der Waals surface area contributed by atoms with Crippen LogP contribution in [0.2, 0.25) is 5.02 Å². The zero-order valence-electron chi connectivity index (χ0n) is 20.7. The Balaban J connectivity index is 1.41. The number of ether oxygens (including phenoxy) is 1. The molecule has 0 bridgehead atoms. The normalized spacial score (nSPS) is 17.4. The van der Waals surface area contributed by atoms with E-state index in [1.54, 1.807) is 11.0 Å². The number of piperazine rings is 1. The quantitative estimate of drug-likeness (QED) is 0.466. The van der Waals surface area contributed by atoms with Gasteiger partial charge < -0.3 is 30.1 Å². The number of carbonyl (C=O) groups is 1. The van der Waals surface area contributed by atoms with E-state index in [1.165, 1.54) is 0 Å². The first-order valence-corrected chi connectivity index (χ1v) is 12.7. The number of rotatable bonds is 8. The number of benzene rings is 1. The number of nitrogens with one attached hydrogen (secondary N) is 2. The SMILES string of the molecule is CN1CCN(c2ccc(Nc3ncc(C(F)(F)F)c(NCCCN4CCCCOC4=O)n3)c(Cl)c2)CC1. The van der Waals surface area contributed by atoms with Crippen molar-refractivity contribution in [3.05, 3.63) is 35.0 Å². The van der Waals surface area contributed by atoms with Crippen LogP contribution in [0.15, 0.2) is 24.4 Å². The molecule has 1 aromatic heterocycles. The fraction of sp³-hybridized carbons (Fsp3) is 0.542. The van der Waals surface area contributed by atoms with Crippen LogP contribution in [0.25, 0.3) is 0 Å². The van der Waals surface area contributed by atoms with Gasteiger partial charge in [-0.1, -0.05) is 11.6 Å². The molecule has 2 aliphatic heterocycles. The maximum Gasteiger partial charge on any atom is 0.421 e. The van der Waals surface area contributed by atoms with Crippen molar-refractivity contribution in [3.63, 3.8) is 0 Å². The van der Waals surface area contributed by atoms with Crippen molar-refractivity contribution in [3.8, 4) is 0 Å². The summed E-state index contributed by atoms with van der Waals surface area (Å²) in [5.74, 6) is -0.352. The van der Waals surface area contributed by atoms with E-state index < -0.39 is 17.8 Å². The lowest BCUT2D eigenvalue weighted by Gasteiger charge is -2.34. The number of hydrogen-bond donors (Lipinski definition) is 2. The third-order valence-corrected chi connectivity index (χ3v) is 6.68. The molecule has 13 heteroatoms. The highest BCUT2D eigenvalue weighted by Crippen LogP contribution is 2.35. The number of likely N-dealkylation sites (N-methyl/N-ethyl adjacent to an activating group) is 1. The molecule has 2 aromatic rings. The summed E-state index contributed by atoms with van der Waals surface area (Å²) >= 11 is 6.48.